The van der Waals surface area contributed by atoms with Crippen molar-refractivity contribution in [1.29, 1.82) is 0 Å². The lowest BCUT2D eigenvalue weighted by Crippen LogP contribution is -2.18. The van der Waals surface area contributed by atoms with Gasteiger partial charge in [0.1, 0.15) is 5.84 Å². The lowest BCUT2D eigenvalue weighted by atomic mass is 10.4. The summed E-state index contributed by atoms with van der Waals surface area (Å²) in [7, 11) is 0. The molecule has 48 valence electrons. The van der Waals surface area contributed by atoms with E-state index in [-0.39, 0.29) is 5.91 Å². The van der Waals surface area contributed by atoms with Gasteiger partial charge in [0.2, 0.25) is 0 Å². The Labute approximate surface area is 53.5 Å². The van der Waals surface area contributed by atoms with Crippen molar-refractivity contribution in [2.45, 2.75) is 6.42 Å². The first-order chi connectivity index (χ1) is 4.33. The predicted molar refractivity (Wildman–Crippen MR) is 35.3 cm³/mol. The quantitative estimate of drug-likeness (QED) is 0.530. The van der Waals surface area contributed by atoms with E-state index in [1.54, 1.807) is 6.08 Å². The summed E-state index contributed by atoms with van der Waals surface area (Å²) in [6, 6.07) is 0. The Morgan fingerprint density at radius 1 is 1.89 bits per heavy atom. The second-order valence-electron chi connectivity index (χ2n) is 1.80. The second kappa shape index (κ2) is 2.44. The first kappa shape index (κ1) is 6.01. The van der Waals surface area contributed by atoms with Crippen molar-refractivity contribution in [2.75, 3.05) is 6.54 Å². The Bertz CT molecular complexity index is 172. The van der Waals surface area contributed by atoms with E-state index in [4.69, 9.17) is 0 Å². The van der Waals surface area contributed by atoms with Gasteiger partial charge in [0, 0.05) is 6.42 Å². The first-order valence-electron chi connectivity index (χ1n) is 2.78. The van der Waals surface area contributed by atoms with Gasteiger partial charge >= 0.3 is 0 Å². The van der Waals surface area contributed by atoms with Gasteiger partial charge in [-0.25, -0.2) is 0 Å². The second-order valence-corrected chi connectivity index (χ2v) is 1.80. The maximum atomic E-state index is 10.4. The van der Waals surface area contributed by atoms with Crippen LogP contribution in [0.5, 0.6) is 0 Å². The van der Waals surface area contributed by atoms with E-state index >= 15 is 0 Å². The monoisotopic (exact) mass is 124 g/mol. The Balaban J connectivity index is 2.51. The van der Waals surface area contributed by atoms with Gasteiger partial charge in [-0.15, -0.1) is 6.58 Å². The van der Waals surface area contributed by atoms with Gasteiger partial charge in [0.15, 0.2) is 0 Å². The number of amides is 1. The van der Waals surface area contributed by atoms with E-state index in [9.17, 15) is 4.79 Å². The molecule has 0 aromatic rings. The minimum atomic E-state index is -0.0909. The molecule has 0 aliphatic carbocycles. The van der Waals surface area contributed by atoms with Gasteiger partial charge in [0.05, 0.1) is 6.54 Å². The van der Waals surface area contributed by atoms with Gasteiger partial charge in [-0.05, 0) is 0 Å². The highest BCUT2D eigenvalue weighted by molar-refractivity contribution is 6.02. The maximum absolute atomic E-state index is 10.4. The van der Waals surface area contributed by atoms with Crippen molar-refractivity contribution in [3.05, 3.63) is 12.7 Å². The van der Waals surface area contributed by atoms with Crippen LogP contribution in [0.3, 0.4) is 0 Å². The zero-order chi connectivity index (χ0) is 6.69. The first-order valence-corrected chi connectivity index (χ1v) is 2.78. The van der Waals surface area contributed by atoms with Crippen molar-refractivity contribution in [1.82, 2.24) is 5.32 Å². The van der Waals surface area contributed by atoms with Gasteiger partial charge in [-0.3, -0.25) is 4.79 Å². The average Bonchev–Trinajstić information content (AvgIpc) is 2.17. The van der Waals surface area contributed by atoms with Crippen LogP contribution in [-0.4, -0.2) is 18.3 Å². The lowest BCUT2D eigenvalue weighted by molar-refractivity contribution is -0.116. The molecule has 1 amide bonds. The molecule has 0 aromatic carbocycles. The van der Waals surface area contributed by atoms with E-state index in [0.29, 0.717) is 13.0 Å². The third-order valence-corrected chi connectivity index (χ3v) is 1.04. The Morgan fingerprint density at radius 2 is 2.67 bits per heavy atom. The van der Waals surface area contributed by atoms with Crippen molar-refractivity contribution in [2.24, 2.45) is 4.99 Å². The van der Waals surface area contributed by atoms with Crippen LogP contribution >= 0.6 is 0 Å². The van der Waals surface area contributed by atoms with Gasteiger partial charge < -0.3 is 5.32 Å². The van der Waals surface area contributed by atoms with Crippen LogP contribution in [0.4, 0.5) is 0 Å². The minimum absolute atomic E-state index is 0.0909. The Hall–Kier alpha value is -1.12. The molecule has 9 heavy (non-hydrogen) atoms. The fourth-order valence-electron chi connectivity index (χ4n) is 0.662. The van der Waals surface area contributed by atoms with E-state index in [0.717, 1.165) is 5.84 Å². The van der Waals surface area contributed by atoms with E-state index < -0.39 is 0 Å². The number of nitrogens with zero attached hydrogens (tertiary/aromatic N) is 1. The smallest absolute Gasteiger partial charge is 0.266 e. The summed E-state index contributed by atoms with van der Waals surface area (Å²) in [5.74, 6) is 0.641. The highest BCUT2D eigenvalue weighted by Gasteiger charge is 2.09. The molecule has 0 radical (unpaired) electrons. The fraction of sp³-hybridized carbons (Fsp3) is 0.333. The minimum Gasteiger partial charge on any atom is -0.364 e. The van der Waals surface area contributed by atoms with Crippen molar-refractivity contribution >= 4 is 11.7 Å². The standard InChI is InChI=1S/C6H8N2O/c1-2-3-5-7-4-6(9)8-5/h2H,1,3-4H2,(H,7,8,9). The molecule has 1 heterocycles. The molecule has 0 bridgehead atoms. The summed E-state index contributed by atoms with van der Waals surface area (Å²) in [5, 5.41) is 2.84. The Morgan fingerprint density at radius 3 is 3.11 bits per heavy atom. The molecule has 1 rings (SSSR count). The number of aliphatic imine (C=N–C) groups is 1. The number of amidine groups is 1. The molecule has 0 saturated carbocycles. The molecular weight excluding hydrogens is 116 g/mol. The molecule has 0 saturated heterocycles. The average molecular weight is 124 g/mol. The Kier molecular flexibility index (Phi) is 1.63. The zero-order valence-electron chi connectivity index (χ0n) is 5.05. The number of nitrogens with one attached hydrogen (secondary N) is 1. The molecule has 0 spiro atoms. The van der Waals surface area contributed by atoms with Crippen LogP contribution in [0.2, 0.25) is 0 Å². The van der Waals surface area contributed by atoms with Crippen LogP contribution in [-0.2, 0) is 4.79 Å². The highest BCUT2D eigenvalue weighted by atomic mass is 16.1. The van der Waals surface area contributed by atoms with E-state index in [1.165, 1.54) is 0 Å². The summed E-state index contributed by atoms with van der Waals surface area (Å²) in [4.78, 5) is 14.1. The summed E-state index contributed by atoms with van der Waals surface area (Å²) in [5.41, 5.74) is 0. The highest BCUT2D eigenvalue weighted by Crippen LogP contribution is 1.91. The third kappa shape index (κ3) is 1.38. The molecule has 1 aliphatic heterocycles. The SMILES string of the molecule is C=CCC1=NC(=O)CN1. The molecule has 0 fully saturated rings. The van der Waals surface area contributed by atoms with Crippen LogP contribution < -0.4 is 5.32 Å². The van der Waals surface area contributed by atoms with Crippen molar-refractivity contribution in [3.8, 4) is 0 Å². The number of hydrogen-bond acceptors (Lipinski definition) is 2. The van der Waals surface area contributed by atoms with Crippen LogP contribution in [0, 0.1) is 0 Å². The molecule has 1 N–H and O–H groups in total. The number of carbonyl (C=O) groups is 1. The van der Waals surface area contributed by atoms with Crippen LogP contribution in [0.25, 0.3) is 0 Å². The number of hydrogen-bond donors (Lipinski definition) is 1. The maximum Gasteiger partial charge on any atom is 0.266 e. The van der Waals surface area contributed by atoms with Gasteiger partial charge in [0.25, 0.3) is 5.91 Å². The molecular formula is C6H8N2O. The fourth-order valence-corrected chi connectivity index (χ4v) is 0.662. The number of rotatable bonds is 2. The zero-order valence-corrected chi connectivity index (χ0v) is 5.05. The lowest BCUT2D eigenvalue weighted by Gasteiger charge is -1.91. The van der Waals surface area contributed by atoms with Crippen molar-refractivity contribution < 1.29 is 4.79 Å². The van der Waals surface area contributed by atoms with Crippen LogP contribution in [0.15, 0.2) is 17.6 Å². The molecule has 3 heteroatoms. The molecule has 0 unspecified atom stereocenters. The summed E-state index contributed by atoms with van der Waals surface area (Å²) < 4.78 is 0. The third-order valence-electron chi connectivity index (χ3n) is 1.04. The van der Waals surface area contributed by atoms with Gasteiger partial charge in [-0.2, -0.15) is 4.99 Å². The van der Waals surface area contributed by atoms with Gasteiger partial charge in [-0.1, -0.05) is 6.08 Å². The molecule has 3 nitrogen and oxygen atoms in total. The normalized spacial score (nSPS) is 16.9. The molecule has 0 aromatic heterocycles. The largest absolute Gasteiger partial charge is 0.364 e. The summed E-state index contributed by atoms with van der Waals surface area (Å²) in [6.45, 7) is 3.87. The summed E-state index contributed by atoms with van der Waals surface area (Å²) in [6.07, 6.45) is 2.37. The molecule has 0 atom stereocenters. The summed E-state index contributed by atoms with van der Waals surface area (Å²) >= 11 is 0. The van der Waals surface area contributed by atoms with E-state index in [2.05, 4.69) is 16.9 Å². The predicted octanol–water partition coefficient (Wildman–Crippen LogP) is 0.0908. The van der Waals surface area contributed by atoms with Crippen molar-refractivity contribution in [3.63, 3.8) is 0 Å². The number of carbonyl (C=O) groups excluding carboxylic acids is 1. The van der Waals surface area contributed by atoms with E-state index in [1.807, 2.05) is 0 Å². The van der Waals surface area contributed by atoms with Crippen LogP contribution in [0.1, 0.15) is 6.42 Å². The molecule has 1 aliphatic rings. The topological polar surface area (TPSA) is 41.5 Å².